The van der Waals surface area contributed by atoms with Crippen LogP contribution in [0.2, 0.25) is 0 Å². The van der Waals surface area contributed by atoms with Crippen molar-refractivity contribution in [2.24, 2.45) is 0 Å². The Kier molecular flexibility index (Phi) is 1.77. The van der Waals surface area contributed by atoms with Crippen LogP contribution in [-0.4, -0.2) is 10.3 Å². The highest BCUT2D eigenvalue weighted by Crippen LogP contribution is 2.28. The van der Waals surface area contributed by atoms with Crippen molar-refractivity contribution in [3.05, 3.63) is 43.0 Å². The zero-order valence-corrected chi connectivity index (χ0v) is 6.90. The van der Waals surface area contributed by atoms with Gasteiger partial charge in [0.1, 0.15) is 17.7 Å². The van der Waals surface area contributed by atoms with Gasteiger partial charge >= 0.3 is 0 Å². The molecule has 2 rings (SSSR count). The first-order chi connectivity index (χ1) is 6.27. The summed E-state index contributed by atoms with van der Waals surface area (Å²) < 4.78 is 4.68. The van der Waals surface area contributed by atoms with Crippen LogP contribution in [0, 0.1) is 6.92 Å². The molecular weight excluding hydrogens is 166 g/mol. The lowest BCUT2D eigenvalue weighted by molar-refractivity contribution is 0.421. The SMILES string of the molecule is [CH2]c1ccc(O)c(-c2ccon2)c1. The predicted octanol–water partition coefficient (Wildman–Crippen LogP) is 2.23. The molecule has 0 amide bonds. The molecule has 1 N–H and O–H groups in total. The molecule has 1 aromatic heterocycles. The molecule has 13 heavy (non-hydrogen) atoms. The minimum atomic E-state index is 0.182. The minimum absolute atomic E-state index is 0.182. The van der Waals surface area contributed by atoms with Crippen molar-refractivity contribution >= 4 is 0 Å². The molecule has 0 saturated heterocycles. The Labute approximate surface area is 75.6 Å². The average Bonchev–Trinajstić information content (AvgIpc) is 2.61. The molecule has 0 unspecified atom stereocenters. The van der Waals surface area contributed by atoms with Gasteiger partial charge in [-0.05, 0) is 24.6 Å². The van der Waals surface area contributed by atoms with Gasteiger partial charge in [0.15, 0.2) is 0 Å². The summed E-state index contributed by atoms with van der Waals surface area (Å²) in [6, 6.07) is 6.77. The van der Waals surface area contributed by atoms with E-state index >= 15 is 0 Å². The van der Waals surface area contributed by atoms with Gasteiger partial charge in [-0.3, -0.25) is 0 Å². The lowest BCUT2D eigenvalue weighted by Crippen LogP contribution is -1.80. The molecule has 1 heterocycles. The maximum atomic E-state index is 9.50. The van der Waals surface area contributed by atoms with E-state index < -0.39 is 0 Å². The van der Waals surface area contributed by atoms with E-state index in [0.29, 0.717) is 11.3 Å². The second kappa shape index (κ2) is 2.94. The Bertz CT molecular complexity index is 407. The summed E-state index contributed by atoms with van der Waals surface area (Å²) >= 11 is 0. The van der Waals surface area contributed by atoms with Crippen LogP contribution in [0.25, 0.3) is 11.3 Å². The molecule has 0 atom stereocenters. The highest BCUT2D eigenvalue weighted by atomic mass is 16.5. The average molecular weight is 174 g/mol. The van der Waals surface area contributed by atoms with Gasteiger partial charge in [-0.25, -0.2) is 0 Å². The van der Waals surface area contributed by atoms with Crippen LogP contribution in [0.3, 0.4) is 0 Å². The molecule has 2 aromatic rings. The van der Waals surface area contributed by atoms with Gasteiger partial charge < -0.3 is 9.63 Å². The Morgan fingerprint density at radius 3 is 2.85 bits per heavy atom. The number of aromatic hydroxyl groups is 1. The third-order valence-electron chi connectivity index (χ3n) is 1.77. The fraction of sp³-hybridized carbons (Fsp3) is 0. The number of hydrogen-bond acceptors (Lipinski definition) is 3. The number of benzene rings is 1. The third-order valence-corrected chi connectivity index (χ3v) is 1.77. The van der Waals surface area contributed by atoms with E-state index in [-0.39, 0.29) is 5.75 Å². The van der Waals surface area contributed by atoms with E-state index in [1.807, 2.05) is 0 Å². The van der Waals surface area contributed by atoms with Crippen molar-refractivity contribution in [1.29, 1.82) is 0 Å². The highest BCUT2D eigenvalue weighted by molar-refractivity contribution is 5.67. The number of hydrogen-bond donors (Lipinski definition) is 1. The van der Waals surface area contributed by atoms with Gasteiger partial charge in [0.2, 0.25) is 0 Å². The molecule has 3 heteroatoms. The summed E-state index contributed by atoms with van der Waals surface area (Å²) in [5, 5.41) is 13.2. The van der Waals surface area contributed by atoms with Gasteiger partial charge in [0.05, 0.1) is 0 Å². The fourth-order valence-corrected chi connectivity index (χ4v) is 1.14. The first-order valence-corrected chi connectivity index (χ1v) is 3.83. The first kappa shape index (κ1) is 7.86. The van der Waals surface area contributed by atoms with Crippen LogP contribution in [0.1, 0.15) is 5.56 Å². The Morgan fingerprint density at radius 2 is 2.15 bits per heavy atom. The quantitative estimate of drug-likeness (QED) is 0.721. The van der Waals surface area contributed by atoms with E-state index in [1.54, 1.807) is 24.3 Å². The second-order valence-electron chi connectivity index (χ2n) is 2.74. The molecule has 0 aliphatic rings. The van der Waals surface area contributed by atoms with E-state index in [9.17, 15) is 5.11 Å². The first-order valence-electron chi connectivity index (χ1n) is 3.83. The maximum Gasteiger partial charge on any atom is 0.125 e. The van der Waals surface area contributed by atoms with E-state index in [4.69, 9.17) is 0 Å². The highest BCUT2D eigenvalue weighted by Gasteiger charge is 2.06. The molecule has 0 bridgehead atoms. The lowest BCUT2D eigenvalue weighted by Gasteiger charge is -2.00. The molecule has 0 spiro atoms. The van der Waals surface area contributed by atoms with Gasteiger partial charge in [0.25, 0.3) is 0 Å². The smallest absolute Gasteiger partial charge is 0.125 e. The van der Waals surface area contributed by atoms with Crippen LogP contribution < -0.4 is 0 Å². The summed E-state index contributed by atoms with van der Waals surface area (Å²) in [4.78, 5) is 0. The van der Waals surface area contributed by atoms with Crippen molar-refractivity contribution in [2.45, 2.75) is 0 Å². The number of phenolic OH excluding ortho intramolecular Hbond substituents is 1. The van der Waals surface area contributed by atoms with E-state index in [0.717, 1.165) is 5.56 Å². The molecule has 0 aliphatic carbocycles. The minimum Gasteiger partial charge on any atom is -0.507 e. The largest absolute Gasteiger partial charge is 0.507 e. The Hall–Kier alpha value is -1.77. The molecule has 1 aromatic carbocycles. The Morgan fingerprint density at radius 1 is 1.31 bits per heavy atom. The molecule has 1 radical (unpaired) electrons. The normalized spacial score (nSPS) is 10.2. The molecular formula is C10H8NO2. The van der Waals surface area contributed by atoms with Crippen molar-refractivity contribution in [3.8, 4) is 17.0 Å². The van der Waals surface area contributed by atoms with Crippen molar-refractivity contribution < 1.29 is 9.63 Å². The molecule has 0 saturated carbocycles. The zero-order valence-electron chi connectivity index (χ0n) is 6.90. The van der Waals surface area contributed by atoms with Crippen LogP contribution in [0.4, 0.5) is 0 Å². The zero-order chi connectivity index (χ0) is 9.26. The van der Waals surface area contributed by atoms with Crippen LogP contribution in [0.15, 0.2) is 35.1 Å². The summed E-state index contributed by atoms with van der Waals surface area (Å²) in [5.74, 6) is 0.182. The van der Waals surface area contributed by atoms with Crippen molar-refractivity contribution in [1.82, 2.24) is 5.16 Å². The number of phenols is 1. The van der Waals surface area contributed by atoms with Gasteiger partial charge in [0, 0.05) is 11.6 Å². The van der Waals surface area contributed by atoms with E-state index in [2.05, 4.69) is 16.6 Å². The molecule has 65 valence electrons. The van der Waals surface area contributed by atoms with Gasteiger partial charge in [-0.2, -0.15) is 0 Å². The summed E-state index contributed by atoms with van der Waals surface area (Å²) in [5.41, 5.74) is 2.08. The van der Waals surface area contributed by atoms with E-state index in [1.165, 1.54) is 6.26 Å². The predicted molar refractivity (Wildman–Crippen MR) is 48.1 cm³/mol. The number of rotatable bonds is 1. The van der Waals surface area contributed by atoms with Crippen LogP contribution in [0.5, 0.6) is 5.75 Å². The van der Waals surface area contributed by atoms with Gasteiger partial charge in [-0.1, -0.05) is 11.2 Å². The van der Waals surface area contributed by atoms with Crippen molar-refractivity contribution in [2.75, 3.05) is 0 Å². The molecule has 3 nitrogen and oxygen atoms in total. The maximum absolute atomic E-state index is 9.50. The Balaban J connectivity index is 2.57. The van der Waals surface area contributed by atoms with Crippen molar-refractivity contribution in [3.63, 3.8) is 0 Å². The number of aromatic nitrogens is 1. The topological polar surface area (TPSA) is 46.3 Å². The summed E-state index contributed by atoms with van der Waals surface area (Å²) in [7, 11) is 0. The summed E-state index contributed by atoms with van der Waals surface area (Å²) in [6.45, 7) is 3.76. The number of nitrogens with zero attached hydrogens (tertiary/aromatic N) is 1. The third kappa shape index (κ3) is 1.40. The molecule has 0 fully saturated rings. The standard InChI is InChI=1S/C10H8NO2/c1-7-2-3-10(12)8(6-7)9-4-5-13-11-9/h2-6,12H,1H2. The van der Waals surface area contributed by atoms with Crippen LogP contribution in [-0.2, 0) is 0 Å². The fourth-order valence-electron chi connectivity index (χ4n) is 1.14. The lowest BCUT2D eigenvalue weighted by atomic mass is 10.1. The monoisotopic (exact) mass is 174 g/mol. The summed E-state index contributed by atoms with van der Waals surface area (Å²) in [6.07, 6.45) is 1.46. The second-order valence-corrected chi connectivity index (χ2v) is 2.74. The van der Waals surface area contributed by atoms with Crippen LogP contribution >= 0.6 is 0 Å². The van der Waals surface area contributed by atoms with Gasteiger partial charge in [-0.15, -0.1) is 0 Å². The molecule has 0 aliphatic heterocycles.